The molecule has 0 saturated heterocycles. The fourth-order valence-electron chi connectivity index (χ4n) is 1.29. The van der Waals surface area contributed by atoms with Crippen molar-refractivity contribution < 1.29 is 22.0 Å². The maximum absolute atomic E-state index is 13.3. The third-order valence-electron chi connectivity index (χ3n) is 2.23. The van der Waals surface area contributed by atoms with Gasteiger partial charge in [0.2, 0.25) is 5.82 Å². The third kappa shape index (κ3) is 2.23. The number of anilines is 2. The molecule has 0 saturated carbocycles. The quantitative estimate of drug-likeness (QED) is 0.524. The van der Waals surface area contributed by atoms with Gasteiger partial charge >= 0.3 is 0 Å². The predicted octanol–water partition coefficient (Wildman–Crippen LogP) is 2.79. The molecule has 0 amide bonds. The number of nitrogens with one attached hydrogen (secondary N) is 1. The van der Waals surface area contributed by atoms with Gasteiger partial charge in [-0.05, 0) is 0 Å². The molecule has 20 heavy (non-hydrogen) atoms. The molecule has 0 aliphatic carbocycles. The first kappa shape index (κ1) is 13.7. The lowest BCUT2D eigenvalue weighted by molar-refractivity contribution is 0.382. The lowest BCUT2D eigenvalue weighted by Crippen LogP contribution is -2.07. The Morgan fingerprint density at radius 3 is 1.85 bits per heavy atom. The predicted molar refractivity (Wildman–Crippen MR) is 56.3 cm³/mol. The van der Waals surface area contributed by atoms with Crippen molar-refractivity contribution in [3.05, 3.63) is 47.2 Å². The molecule has 0 unspecified atom stereocenters. The second kappa shape index (κ2) is 5.08. The van der Waals surface area contributed by atoms with Crippen molar-refractivity contribution in [2.45, 2.75) is 0 Å². The third-order valence-corrected chi connectivity index (χ3v) is 2.23. The van der Waals surface area contributed by atoms with Crippen LogP contribution < -0.4 is 5.32 Å². The summed E-state index contributed by atoms with van der Waals surface area (Å²) >= 11 is 0. The molecule has 0 radical (unpaired) electrons. The fraction of sp³-hybridized carbons (Fsp3) is 0. The van der Waals surface area contributed by atoms with Gasteiger partial charge in [-0.15, -0.1) is 0 Å². The molecule has 0 aliphatic heterocycles. The highest BCUT2D eigenvalue weighted by atomic mass is 19.2. The van der Waals surface area contributed by atoms with Gasteiger partial charge in [0.05, 0.1) is 12.4 Å². The maximum atomic E-state index is 13.3. The van der Waals surface area contributed by atoms with Crippen LogP contribution in [0.5, 0.6) is 0 Å². The van der Waals surface area contributed by atoms with Gasteiger partial charge in [0.25, 0.3) is 0 Å². The van der Waals surface area contributed by atoms with Crippen molar-refractivity contribution in [1.29, 1.82) is 5.26 Å². The van der Waals surface area contributed by atoms with Gasteiger partial charge in [-0.25, -0.2) is 31.9 Å². The average Bonchev–Trinajstić information content (AvgIpc) is 2.48. The first-order chi connectivity index (χ1) is 9.45. The largest absolute Gasteiger partial charge is 0.334 e. The van der Waals surface area contributed by atoms with Crippen molar-refractivity contribution in [1.82, 2.24) is 9.97 Å². The molecule has 2 rings (SSSR count). The number of benzene rings is 1. The van der Waals surface area contributed by atoms with E-state index in [1.807, 2.05) is 5.32 Å². The van der Waals surface area contributed by atoms with Crippen LogP contribution in [0.25, 0.3) is 0 Å². The highest BCUT2D eigenvalue weighted by molar-refractivity contribution is 5.57. The van der Waals surface area contributed by atoms with E-state index in [0.717, 1.165) is 12.4 Å². The zero-order valence-corrected chi connectivity index (χ0v) is 9.39. The van der Waals surface area contributed by atoms with Crippen molar-refractivity contribution in [2.75, 3.05) is 5.32 Å². The SMILES string of the molecule is N#Cc1cnc(Nc2c(F)c(F)c(F)c(F)c2F)cn1. The molecule has 0 aliphatic rings. The number of hydrogen-bond acceptors (Lipinski definition) is 4. The highest BCUT2D eigenvalue weighted by Crippen LogP contribution is 2.28. The van der Waals surface area contributed by atoms with Crippen LogP contribution in [0, 0.1) is 40.4 Å². The van der Waals surface area contributed by atoms with Crippen LogP contribution in [0.1, 0.15) is 5.69 Å². The number of rotatable bonds is 2. The summed E-state index contributed by atoms with van der Waals surface area (Å²) in [6.45, 7) is 0. The first-order valence-electron chi connectivity index (χ1n) is 4.96. The van der Waals surface area contributed by atoms with E-state index in [9.17, 15) is 22.0 Å². The molecule has 1 N–H and O–H groups in total. The van der Waals surface area contributed by atoms with E-state index < -0.39 is 34.8 Å². The lowest BCUT2D eigenvalue weighted by Gasteiger charge is -2.09. The Morgan fingerprint density at radius 2 is 1.40 bits per heavy atom. The van der Waals surface area contributed by atoms with E-state index in [1.54, 1.807) is 6.07 Å². The van der Waals surface area contributed by atoms with Gasteiger partial charge in [-0.1, -0.05) is 0 Å². The minimum absolute atomic E-state index is 0.0760. The van der Waals surface area contributed by atoms with Crippen molar-refractivity contribution in [2.24, 2.45) is 0 Å². The summed E-state index contributed by atoms with van der Waals surface area (Å²) in [7, 11) is 0. The monoisotopic (exact) mass is 286 g/mol. The molecule has 0 fully saturated rings. The van der Waals surface area contributed by atoms with E-state index in [1.165, 1.54) is 0 Å². The summed E-state index contributed by atoms with van der Waals surface area (Å²) in [6, 6.07) is 1.65. The number of halogens is 5. The van der Waals surface area contributed by atoms with Crippen LogP contribution in [0.3, 0.4) is 0 Å². The second-order valence-electron chi connectivity index (χ2n) is 3.47. The fourth-order valence-corrected chi connectivity index (χ4v) is 1.29. The van der Waals surface area contributed by atoms with Crippen molar-refractivity contribution in [3.63, 3.8) is 0 Å². The summed E-state index contributed by atoms with van der Waals surface area (Å²) in [5.74, 6) is -10.7. The molecule has 1 aromatic carbocycles. The molecule has 0 spiro atoms. The van der Waals surface area contributed by atoms with Crippen LogP contribution in [-0.2, 0) is 0 Å². The zero-order chi connectivity index (χ0) is 14.9. The summed E-state index contributed by atoms with van der Waals surface area (Å²) in [5.41, 5.74) is -1.33. The Morgan fingerprint density at radius 1 is 0.850 bits per heavy atom. The van der Waals surface area contributed by atoms with Crippen LogP contribution in [-0.4, -0.2) is 9.97 Å². The Labute approximate surface area is 108 Å². The first-order valence-corrected chi connectivity index (χ1v) is 4.96. The maximum Gasteiger partial charge on any atom is 0.200 e. The van der Waals surface area contributed by atoms with Gasteiger partial charge in [0.1, 0.15) is 17.6 Å². The minimum atomic E-state index is -2.25. The molecule has 0 bridgehead atoms. The number of aromatic nitrogens is 2. The van der Waals surface area contributed by atoms with Crippen molar-refractivity contribution >= 4 is 11.5 Å². The molecule has 0 atom stereocenters. The number of nitrogens with zero attached hydrogens (tertiary/aromatic N) is 3. The van der Waals surface area contributed by atoms with E-state index in [0.29, 0.717) is 0 Å². The smallest absolute Gasteiger partial charge is 0.200 e. The number of nitriles is 1. The van der Waals surface area contributed by atoms with Crippen LogP contribution >= 0.6 is 0 Å². The average molecular weight is 286 g/mol. The second-order valence-corrected chi connectivity index (χ2v) is 3.47. The Bertz CT molecular complexity index is 679. The Balaban J connectivity index is 2.46. The summed E-state index contributed by atoms with van der Waals surface area (Å²) < 4.78 is 65.4. The molecule has 2 aromatic rings. The molecule has 9 heteroatoms. The van der Waals surface area contributed by atoms with E-state index >= 15 is 0 Å². The normalized spacial score (nSPS) is 10.2. The molecule has 102 valence electrons. The van der Waals surface area contributed by atoms with Gasteiger partial charge in [-0.2, -0.15) is 5.26 Å². The van der Waals surface area contributed by atoms with Gasteiger partial charge in [0, 0.05) is 0 Å². The van der Waals surface area contributed by atoms with Gasteiger partial charge < -0.3 is 5.32 Å². The summed E-state index contributed by atoms with van der Waals surface area (Å²) in [5, 5.41) is 10.4. The lowest BCUT2D eigenvalue weighted by atomic mass is 10.2. The summed E-state index contributed by atoms with van der Waals surface area (Å²) in [4.78, 5) is 7.06. The van der Waals surface area contributed by atoms with E-state index in [-0.39, 0.29) is 11.5 Å². The number of hydrogen-bond donors (Lipinski definition) is 1. The van der Waals surface area contributed by atoms with Crippen LogP contribution in [0.15, 0.2) is 12.4 Å². The molecular weight excluding hydrogens is 283 g/mol. The molecule has 4 nitrogen and oxygen atoms in total. The van der Waals surface area contributed by atoms with Crippen LogP contribution in [0.4, 0.5) is 33.5 Å². The van der Waals surface area contributed by atoms with E-state index in [4.69, 9.17) is 5.26 Å². The minimum Gasteiger partial charge on any atom is -0.334 e. The standard InChI is InChI=1S/C11H3F5N4/c12-6-7(13)9(15)11(10(16)8(6)14)20-5-3-18-4(1-17)2-19-5/h2-3H,(H,19,20). The molecule has 1 heterocycles. The van der Waals surface area contributed by atoms with Gasteiger partial charge in [-0.3, -0.25) is 0 Å². The van der Waals surface area contributed by atoms with Gasteiger partial charge in [0.15, 0.2) is 29.0 Å². The Hall–Kier alpha value is -2.76. The van der Waals surface area contributed by atoms with Crippen molar-refractivity contribution in [3.8, 4) is 6.07 Å². The van der Waals surface area contributed by atoms with E-state index in [2.05, 4.69) is 9.97 Å². The van der Waals surface area contributed by atoms with Crippen LogP contribution in [0.2, 0.25) is 0 Å². The Kier molecular flexibility index (Phi) is 3.47. The molecular formula is C11H3F5N4. The topological polar surface area (TPSA) is 61.6 Å². The highest BCUT2D eigenvalue weighted by Gasteiger charge is 2.26. The summed E-state index contributed by atoms with van der Waals surface area (Å²) in [6.07, 6.45) is 1.88. The molecule has 1 aromatic heterocycles. The zero-order valence-electron chi connectivity index (χ0n) is 9.39.